The summed E-state index contributed by atoms with van der Waals surface area (Å²) < 4.78 is 5.69. The highest BCUT2D eigenvalue weighted by Crippen LogP contribution is 2.17. The lowest BCUT2D eigenvalue weighted by Gasteiger charge is -2.36. The van der Waals surface area contributed by atoms with Crippen molar-refractivity contribution in [2.24, 2.45) is 0 Å². The number of aromatic nitrogens is 2. The van der Waals surface area contributed by atoms with Crippen LogP contribution in [-0.4, -0.2) is 71.2 Å². The molecule has 1 unspecified atom stereocenters. The van der Waals surface area contributed by atoms with Crippen LogP contribution >= 0.6 is 11.8 Å². The number of ether oxygens (including phenoxy) is 1. The smallest absolute Gasteiger partial charge is 0.253 e. The van der Waals surface area contributed by atoms with E-state index in [4.69, 9.17) is 4.74 Å². The van der Waals surface area contributed by atoms with Crippen LogP contribution in [0, 0.1) is 6.92 Å². The molecular formula is C14H20N4O2S. The van der Waals surface area contributed by atoms with E-state index in [9.17, 15) is 4.79 Å². The fourth-order valence-electron chi connectivity index (χ4n) is 2.61. The van der Waals surface area contributed by atoms with Crippen LogP contribution in [0.5, 0.6) is 0 Å². The standard InChI is InChI=1S/C14H20N4O2S/c1-11-15-3-2-13(16-11)18-4-7-20-12(10-18)14(19)17-5-8-21-9-6-17/h2-3,12H,4-10H2,1H3. The van der Waals surface area contributed by atoms with Gasteiger partial charge in [-0.15, -0.1) is 0 Å². The van der Waals surface area contributed by atoms with Crippen molar-refractivity contribution < 1.29 is 9.53 Å². The SMILES string of the molecule is Cc1nccc(N2CCOC(C(=O)N3CCSCC3)C2)n1. The Morgan fingerprint density at radius 1 is 1.38 bits per heavy atom. The Bertz CT molecular complexity index is 508. The lowest BCUT2D eigenvalue weighted by Crippen LogP contribution is -2.52. The molecule has 0 bridgehead atoms. The van der Waals surface area contributed by atoms with Crippen LogP contribution in [0.15, 0.2) is 12.3 Å². The van der Waals surface area contributed by atoms with E-state index >= 15 is 0 Å². The van der Waals surface area contributed by atoms with Gasteiger partial charge in [0.15, 0.2) is 6.10 Å². The van der Waals surface area contributed by atoms with Gasteiger partial charge in [-0.2, -0.15) is 11.8 Å². The number of hydrogen-bond donors (Lipinski definition) is 0. The number of hydrogen-bond acceptors (Lipinski definition) is 6. The first kappa shape index (κ1) is 14.6. The molecule has 2 saturated heterocycles. The minimum Gasteiger partial charge on any atom is -0.365 e. The van der Waals surface area contributed by atoms with Crippen LogP contribution in [0.25, 0.3) is 0 Å². The van der Waals surface area contributed by atoms with Crippen molar-refractivity contribution in [3.8, 4) is 0 Å². The number of aryl methyl sites for hydroxylation is 1. The van der Waals surface area contributed by atoms with E-state index in [2.05, 4.69) is 14.9 Å². The number of anilines is 1. The van der Waals surface area contributed by atoms with Crippen molar-refractivity contribution in [2.45, 2.75) is 13.0 Å². The molecule has 0 spiro atoms. The maximum Gasteiger partial charge on any atom is 0.253 e. The third-order valence-electron chi connectivity index (χ3n) is 3.75. The Morgan fingerprint density at radius 3 is 2.95 bits per heavy atom. The molecule has 1 aromatic rings. The quantitative estimate of drug-likeness (QED) is 0.796. The number of amides is 1. The molecule has 0 radical (unpaired) electrons. The summed E-state index contributed by atoms with van der Waals surface area (Å²) in [5, 5.41) is 0. The Kier molecular flexibility index (Phi) is 4.60. The third-order valence-corrected chi connectivity index (χ3v) is 4.69. The van der Waals surface area contributed by atoms with Gasteiger partial charge in [-0.25, -0.2) is 9.97 Å². The van der Waals surface area contributed by atoms with Crippen LogP contribution in [0.3, 0.4) is 0 Å². The van der Waals surface area contributed by atoms with Crippen molar-refractivity contribution in [2.75, 3.05) is 49.2 Å². The molecule has 7 heteroatoms. The Hall–Kier alpha value is -1.34. The average molecular weight is 308 g/mol. The van der Waals surface area contributed by atoms with Crippen LogP contribution in [0.1, 0.15) is 5.82 Å². The number of rotatable bonds is 2. The van der Waals surface area contributed by atoms with Gasteiger partial charge < -0.3 is 14.5 Å². The first-order valence-corrected chi connectivity index (χ1v) is 8.42. The maximum atomic E-state index is 12.5. The number of carbonyl (C=O) groups is 1. The molecule has 1 aromatic heterocycles. The summed E-state index contributed by atoms with van der Waals surface area (Å²) in [4.78, 5) is 25.1. The maximum absolute atomic E-state index is 12.5. The summed E-state index contributed by atoms with van der Waals surface area (Å²) in [6.07, 6.45) is 1.38. The van der Waals surface area contributed by atoms with Crippen LogP contribution < -0.4 is 4.90 Å². The Balaban J connectivity index is 1.66. The van der Waals surface area contributed by atoms with Gasteiger partial charge in [-0.05, 0) is 13.0 Å². The predicted molar refractivity (Wildman–Crippen MR) is 82.6 cm³/mol. The molecule has 2 aliphatic rings. The van der Waals surface area contributed by atoms with Gasteiger partial charge in [-0.1, -0.05) is 0 Å². The molecule has 0 N–H and O–H groups in total. The van der Waals surface area contributed by atoms with Crippen molar-refractivity contribution >= 4 is 23.5 Å². The fourth-order valence-corrected chi connectivity index (χ4v) is 3.52. The second-order valence-corrected chi connectivity index (χ2v) is 6.43. The predicted octanol–water partition coefficient (Wildman–Crippen LogP) is 0.566. The second kappa shape index (κ2) is 6.62. The number of thioether (sulfide) groups is 1. The van der Waals surface area contributed by atoms with E-state index in [-0.39, 0.29) is 12.0 Å². The minimum absolute atomic E-state index is 0.116. The molecule has 3 rings (SSSR count). The summed E-state index contributed by atoms with van der Waals surface area (Å²) in [6.45, 7) is 5.42. The van der Waals surface area contributed by atoms with Crippen LogP contribution in [0.2, 0.25) is 0 Å². The highest BCUT2D eigenvalue weighted by Gasteiger charge is 2.31. The van der Waals surface area contributed by atoms with Gasteiger partial charge in [-0.3, -0.25) is 4.79 Å². The highest BCUT2D eigenvalue weighted by molar-refractivity contribution is 7.99. The van der Waals surface area contributed by atoms with E-state index in [1.807, 2.05) is 29.7 Å². The molecule has 6 nitrogen and oxygen atoms in total. The molecule has 3 heterocycles. The lowest BCUT2D eigenvalue weighted by atomic mass is 10.2. The normalized spacial score (nSPS) is 23.2. The first-order valence-electron chi connectivity index (χ1n) is 7.27. The molecule has 0 saturated carbocycles. The molecule has 0 aliphatic carbocycles. The Morgan fingerprint density at radius 2 is 2.19 bits per heavy atom. The summed E-state index contributed by atoms with van der Waals surface area (Å²) >= 11 is 1.90. The van der Waals surface area contributed by atoms with Gasteiger partial charge in [0.05, 0.1) is 13.2 Å². The van der Waals surface area contributed by atoms with Crippen molar-refractivity contribution in [3.05, 3.63) is 18.1 Å². The second-order valence-electron chi connectivity index (χ2n) is 5.21. The summed E-state index contributed by atoms with van der Waals surface area (Å²) in [7, 11) is 0. The summed E-state index contributed by atoms with van der Waals surface area (Å²) in [5.41, 5.74) is 0. The fraction of sp³-hybridized carbons (Fsp3) is 0.643. The van der Waals surface area contributed by atoms with Gasteiger partial charge in [0.1, 0.15) is 11.6 Å². The number of carbonyl (C=O) groups excluding carboxylic acids is 1. The zero-order valence-electron chi connectivity index (χ0n) is 12.2. The van der Waals surface area contributed by atoms with Gasteiger partial charge >= 0.3 is 0 Å². The molecule has 1 atom stereocenters. The zero-order valence-corrected chi connectivity index (χ0v) is 13.0. The largest absolute Gasteiger partial charge is 0.365 e. The first-order chi connectivity index (χ1) is 10.2. The Labute approximate surface area is 128 Å². The van der Waals surface area contributed by atoms with Crippen LogP contribution in [-0.2, 0) is 9.53 Å². The number of morpholine rings is 1. The van der Waals surface area contributed by atoms with Crippen molar-refractivity contribution in [1.82, 2.24) is 14.9 Å². The lowest BCUT2D eigenvalue weighted by molar-refractivity contribution is -0.144. The summed E-state index contributed by atoms with van der Waals surface area (Å²) in [6, 6.07) is 1.89. The monoisotopic (exact) mass is 308 g/mol. The van der Waals surface area contributed by atoms with Gasteiger partial charge in [0, 0.05) is 37.3 Å². The molecule has 0 aromatic carbocycles. The van der Waals surface area contributed by atoms with Crippen molar-refractivity contribution in [3.63, 3.8) is 0 Å². The van der Waals surface area contributed by atoms with E-state index in [0.717, 1.165) is 42.8 Å². The van der Waals surface area contributed by atoms with E-state index < -0.39 is 0 Å². The summed E-state index contributed by atoms with van der Waals surface area (Å²) in [5.74, 6) is 3.78. The number of nitrogens with zero attached hydrogens (tertiary/aromatic N) is 4. The highest BCUT2D eigenvalue weighted by atomic mass is 32.2. The molecular weight excluding hydrogens is 288 g/mol. The topological polar surface area (TPSA) is 58.6 Å². The minimum atomic E-state index is -0.378. The molecule has 114 valence electrons. The van der Waals surface area contributed by atoms with Crippen LogP contribution in [0.4, 0.5) is 5.82 Å². The van der Waals surface area contributed by atoms with E-state index in [1.54, 1.807) is 6.20 Å². The van der Waals surface area contributed by atoms with Gasteiger partial charge in [0.2, 0.25) is 0 Å². The zero-order chi connectivity index (χ0) is 14.7. The average Bonchev–Trinajstić information content (AvgIpc) is 2.55. The molecule has 2 fully saturated rings. The molecule has 21 heavy (non-hydrogen) atoms. The van der Waals surface area contributed by atoms with Crippen molar-refractivity contribution in [1.29, 1.82) is 0 Å². The molecule has 2 aliphatic heterocycles. The van der Waals surface area contributed by atoms with Gasteiger partial charge in [0.25, 0.3) is 5.91 Å². The van der Waals surface area contributed by atoms with E-state index in [0.29, 0.717) is 13.2 Å². The third kappa shape index (κ3) is 3.47. The molecule has 1 amide bonds. The van der Waals surface area contributed by atoms with E-state index in [1.165, 1.54) is 0 Å².